The van der Waals surface area contributed by atoms with Crippen molar-refractivity contribution in [1.29, 1.82) is 0 Å². The summed E-state index contributed by atoms with van der Waals surface area (Å²) in [5, 5.41) is 10.1. The summed E-state index contributed by atoms with van der Waals surface area (Å²) < 4.78 is 0. The molecule has 1 heteroatoms. The molecule has 4 aliphatic rings. The Kier molecular flexibility index (Phi) is 5.21. The third kappa shape index (κ3) is 3.74. The van der Waals surface area contributed by atoms with Gasteiger partial charge in [0.15, 0.2) is 0 Å². The monoisotopic (exact) mass is 368 g/mol. The number of aliphatic hydroxyl groups is 1. The largest absolute Gasteiger partial charge is 0.388 e. The van der Waals surface area contributed by atoms with Crippen molar-refractivity contribution in [2.45, 2.75) is 97.5 Å². The minimum Gasteiger partial charge on any atom is -0.388 e. The van der Waals surface area contributed by atoms with Crippen molar-refractivity contribution in [3.8, 4) is 0 Å². The molecule has 1 N–H and O–H groups in total. The molecule has 5 atom stereocenters. The lowest BCUT2D eigenvalue weighted by atomic mass is 9.60. The summed E-state index contributed by atoms with van der Waals surface area (Å²) in [5.41, 5.74) is 5.13. The average Bonchev–Trinajstić information content (AvgIpc) is 3.22. The second-order valence-electron chi connectivity index (χ2n) is 11.0. The predicted octanol–water partition coefficient (Wildman–Crippen LogP) is 6.98. The summed E-state index contributed by atoms with van der Waals surface area (Å²) in [5.74, 6) is 2.56. The van der Waals surface area contributed by atoms with E-state index in [9.17, 15) is 5.11 Å². The van der Waals surface area contributed by atoms with Crippen LogP contribution in [0.3, 0.4) is 0 Å². The Hall–Kier alpha value is -0.820. The normalized spacial score (nSPS) is 42.4. The fraction of sp³-hybridized carbons (Fsp3) is 0.769. The molecule has 0 saturated heterocycles. The van der Waals surface area contributed by atoms with Crippen molar-refractivity contribution in [1.82, 2.24) is 0 Å². The highest BCUT2D eigenvalue weighted by molar-refractivity contribution is 5.37. The molecular weight excluding hydrogens is 328 g/mol. The van der Waals surface area contributed by atoms with Gasteiger partial charge in [0.05, 0.1) is 6.10 Å². The molecule has 0 aromatic rings. The van der Waals surface area contributed by atoms with Gasteiger partial charge >= 0.3 is 0 Å². The zero-order valence-electron chi connectivity index (χ0n) is 17.9. The third-order valence-corrected chi connectivity index (χ3v) is 8.88. The second-order valence-corrected chi connectivity index (χ2v) is 11.0. The van der Waals surface area contributed by atoms with Gasteiger partial charge in [0.1, 0.15) is 0 Å². The maximum atomic E-state index is 10.1. The molecule has 0 aromatic carbocycles. The number of hydrogen-bond acceptors (Lipinski definition) is 1. The van der Waals surface area contributed by atoms with E-state index in [0.717, 1.165) is 42.6 Å². The maximum Gasteiger partial charge on any atom is 0.0787 e. The van der Waals surface area contributed by atoms with Crippen LogP contribution in [0.4, 0.5) is 0 Å². The van der Waals surface area contributed by atoms with Crippen molar-refractivity contribution in [3.05, 3.63) is 35.5 Å². The van der Waals surface area contributed by atoms with E-state index in [1.165, 1.54) is 56.9 Å². The number of aliphatic hydroxyl groups excluding tert-OH is 1. The van der Waals surface area contributed by atoms with Crippen molar-refractivity contribution in [3.63, 3.8) is 0 Å². The Labute approximate surface area is 167 Å². The van der Waals surface area contributed by atoms with Crippen LogP contribution in [-0.4, -0.2) is 11.2 Å². The first-order valence-corrected chi connectivity index (χ1v) is 11.6. The van der Waals surface area contributed by atoms with Gasteiger partial charge in [-0.05, 0) is 110 Å². The highest BCUT2D eigenvalue weighted by Gasteiger charge is 2.52. The predicted molar refractivity (Wildman–Crippen MR) is 114 cm³/mol. The molecule has 0 aliphatic heterocycles. The van der Waals surface area contributed by atoms with Crippen LogP contribution in [0.25, 0.3) is 0 Å². The molecule has 0 radical (unpaired) electrons. The van der Waals surface area contributed by atoms with Gasteiger partial charge in [-0.1, -0.05) is 45.1 Å². The molecule has 0 spiro atoms. The zero-order chi connectivity index (χ0) is 19.2. The van der Waals surface area contributed by atoms with Crippen LogP contribution < -0.4 is 0 Å². The smallest absolute Gasteiger partial charge is 0.0787 e. The van der Waals surface area contributed by atoms with Crippen LogP contribution in [0.5, 0.6) is 0 Å². The van der Waals surface area contributed by atoms with E-state index in [1.807, 2.05) is 0 Å². The lowest BCUT2D eigenvalue weighted by molar-refractivity contribution is 0.0864. The van der Waals surface area contributed by atoms with Gasteiger partial charge in [-0.2, -0.15) is 0 Å². The summed E-state index contributed by atoms with van der Waals surface area (Å²) in [6.07, 6.45) is 18.7. The Morgan fingerprint density at radius 1 is 1.07 bits per heavy atom. The lowest BCUT2D eigenvalue weighted by Crippen LogP contribution is -2.36. The van der Waals surface area contributed by atoms with Crippen molar-refractivity contribution in [2.75, 3.05) is 0 Å². The van der Waals surface area contributed by atoms with Gasteiger partial charge in [-0.15, -0.1) is 0 Å². The van der Waals surface area contributed by atoms with Gasteiger partial charge in [0.2, 0.25) is 0 Å². The molecule has 27 heavy (non-hydrogen) atoms. The van der Waals surface area contributed by atoms with E-state index in [2.05, 4.69) is 39.5 Å². The van der Waals surface area contributed by atoms with E-state index in [0.29, 0.717) is 10.8 Å². The van der Waals surface area contributed by atoms with Gasteiger partial charge < -0.3 is 5.11 Å². The van der Waals surface area contributed by atoms with Crippen LogP contribution in [0.15, 0.2) is 35.5 Å². The minimum atomic E-state index is -0.319. The van der Waals surface area contributed by atoms with Gasteiger partial charge in [-0.25, -0.2) is 0 Å². The van der Waals surface area contributed by atoms with E-state index < -0.39 is 0 Å². The molecule has 4 rings (SSSR count). The molecule has 1 nitrogen and oxygen atoms in total. The topological polar surface area (TPSA) is 20.2 Å². The first-order chi connectivity index (χ1) is 12.8. The standard InChI is InChI=1S/C26H40O/c1-18(17-25(3)15-16-25)22-12-13-23-21(8-6-14-26(22,23)4)11-10-20-7-5-9-24(27)19(20)2/h10-11,18,22-24,27H,2,5-9,12-17H2,1,3-4H3/b20-10-,21-11+/t18-,22?,23?,24?,26?/m1/s1. The van der Waals surface area contributed by atoms with E-state index in [1.54, 1.807) is 5.57 Å². The first-order valence-electron chi connectivity index (χ1n) is 11.6. The Bertz CT molecular complexity index is 649. The molecule has 0 heterocycles. The summed E-state index contributed by atoms with van der Waals surface area (Å²) in [4.78, 5) is 0. The minimum absolute atomic E-state index is 0.319. The highest BCUT2D eigenvalue weighted by Crippen LogP contribution is 2.62. The van der Waals surface area contributed by atoms with E-state index >= 15 is 0 Å². The van der Waals surface area contributed by atoms with Crippen molar-refractivity contribution < 1.29 is 5.11 Å². The lowest BCUT2D eigenvalue weighted by Gasteiger charge is -2.45. The molecule has 0 aromatic heterocycles. The molecule has 4 unspecified atom stereocenters. The number of rotatable bonds is 4. The van der Waals surface area contributed by atoms with E-state index in [-0.39, 0.29) is 6.10 Å². The fourth-order valence-electron chi connectivity index (χ4n) is 6.98. The van der Waals surface area contributed by atoms with E-state index in [4.69, 9.17) is 0 Å². The Morgan fingerprint density at radius 3 is 2.59 bits per heavy atom. The number of allylic oxidation sites excluding steroid dienone is 3. The zero-order valence-corrected chi connectivity index (χ0v) is 17.9. The quantitative estimate of drug-likeness (QED) is 0.567. The van der Waals surface area contributed by atoms with Crippen LogP contribution >= 0.6 is 0 Å². The van der Waals surface area contributed by atoms with Gasteiger partial charge in [0, 0.05) is 0 Å². The molecule has 4 saturated carbocycles. The Morgan fingerprint density at radius 2 is 1.85 bits per heavy atom. The van der Waals surface area contributed by atoms with Gasteiger partial charge in [0.25, 0.3) is 0 Å². The fourth-order valence-corrected chi connectivity index (χ4v) is 6.98. The molecule has 4 aliphatic carbocycles. The van der Waals surface area contributed by atoms with Crippen LogP contribution in [0, 0.1) is 28.6 Å². The first kappa shape index (κ1) is 19.5. The molecule has 150 valence electrons. The summed E-state index contributed by atoms with van der Waals surface area (Å²) in [6, 6.07) is 0. The summed E-state index contributed by atoms with van der Waals surface area (Å²) in [6.45, 7) is 11.8. The van der Waals surface area contributed by atoms with Gasteiger partial charge in [-0.3, -0.25) is 0 Å². The van der Waals surface area contributed by atoms with Crippen LogP contribution in [-0.2, 0) is 0 Å². The highest BCUT2D eigenvalue weighted by atomic mass is 16.3. The van der Waals surface area contributed by atoms with Crippen LogP contribution in [0.1, 0.15) is 91.4 Å². The molecular formula is C26H40O. The Balaban J connectivity index is 1.51. The number of hydrogen-bond donors (Lipinski definition) is 1. The molecule has 4 fully saturated rings. The SMILES string of the molecule is C=C1/C(=C\C=C2/CCCC3(C)C2CCC3[C@H](C)CC2(C)CC2)CCCC1O. The second kappa shape index (κ2) is 7.21. The number of fused-ring (bicyclic) bond motifs is 1. The summed E-state index contributed by atoms with van der Waals surface area (Å²) >= 11 is 0. The third-order valence-electron chi connectivity index (χ3n) is 8.88. The van der Waals surface area contributed by atoms with Crippen molar-refractivity contribution in [2.24, 2.45) is 28.6 Å². The summed E-state index contributed by atoms with van der Waals surface area (Å²) in [7, 11) is 0. The molecule has 0 bridgehead atoms. The average molecular weight is 369 g/mol. The molecule has 0 amide bonds. The maximum absolute atomic E-state index is 10.1. The van der Waals surface area contributed by atoms with Crippen molar-refractivity contribution >= 4 is 0 Å². The van der Waals surface area contributed by atoms with Crippen LogP contribution in [0.2, 0.25) is 0 Å².